The van der Waals surface area contributed by atoms with E-state index >= 15 is 0 Å². The summed E-state index contributed by atoms with van der Waals surface area (Å²) in [5, 5.41) is 54.0. The summed E-state index contributed by atoms with van der Waals surface area (Å²) in [6, 6.07) is 4.72. The molecule has 0 fully saturated rings. The third kappa shape index (κ3) is 36.9. The molecule has 18 nitrogen and oxygen atoms in total. The number of carbonyl (C=O) groups is 5. The number of rotatable bonds is 19. The second kappa shape index (κ2) is 29.9. The van der Waals surface area contributed by atoms with E-state index in [1.165, 1.54) is 24.3 Å². The highest BCUT2D eigenvalue weighted by Crippen LogP contribution is 2.11. The molecule has 1 aromatic rings. The fourth-order valence-electron chi connectivity index (χ4n) is 2.96. The molecule has 0 saturated carbocycles. The van der Waals surface area contributed by atoms with Gasteiger partial charge < -0.3 is 64.1 Å². The number of carbonyl (C=O) groups excluding carboxylic acids is 1. The number of aliphatic carboxylic acids is 4. The van der Waals surface area contributed by atoms with Crippen molar-refractivity contribution in [3.63, 3.8) is 0 Å². The summed E-state index contributed by atoms with van der Waals surface area (Å²) in [5.74, 6) is -5.12. The van der Waals surface area contributed by atoms with Gasteiger partial charge in [0, 0.05) is 31.9 Å². The van der Waals surface area contributed by atoms with Crippen molar-refractivity contribution in [2.24, 2.45) is 38.7 Å². The first-order chi connectivity index (χ1) is 21.5. The third-order valence-electron chi connectivity index (χ3n) is 5.27. The lowest BCUT2D eigenvalue weighted by Crippen LogP contribution is -2.30. The normalized spacial score (nSPS) is 10.1. The van der Waals surface area contributed by atoms with Crippen LogP contribution in [0.2, 0.25) is 0 Å². The van der Waals surface area contributed by atoms with Gasteiger partial charge in [-0.2, -0.15) is 0 Å². The largest absolute Gasteiger partial charge is 0.872 e. The molecule has 0 unspecified atom stereocenters. The van der Waals surface area contributed by atoms with Gasteiger partial charge in [-0.15, -0.1) is 0 Å². The molecule has 18 heteroatoms. The number of nitrogens with zero attached hydrogens (tertiary/aromatic N) is 2. The fraction of sp³-hybridized carbons (Fsp3) is 0.536. The maximum absolute atomic E-state index is 10.7. The second-order valence-corrected chi connectivity index (χ2v) is 9.39. The van der Waals surface area contributed by atoms with Crippen molar-refractivity contribution >= 4 is 41.8 Å². The molecule has 0 aliphatic carbocycles. The Bertz CT molecular complexity index is 1070. The lowest BCUT2D eigenvalue weighted by Gasteiger charge is -2.07. The molecular formula is C28H47N7O11-2. The minimum Gasteiger partial charge on any atom is -0.872 e. The van der Waals surface area contributed by atoms with Crippen LogP contribution in [-0.2, 0) is 19.2 Å². The van der Waals surface area contributed by atoms with Crippen LogP contribution in [0.5, 0.6) is 5.75 Å². The van der Waals surface area contributed by atoms with Crippen LogP contribution in [-0.4, -0.2) is 81.3 Å². The molecule has 0 saturated heterocycles. The Morgan fingerprint density at radius 3 is 1.50 bits per heavy atom. The van der Waals surface area contributed by atoms with Gasteiger partial charge in [0.2, 0.25) is 0 Å². The zero-order chi connectivity index (χ0) is 35.9. The van der Waals surface area contributed by atoms with Gasteiger partial charge in [0.25, 0.3) is 0 Å². The number of carboxylic acid groups (broad SMARTS) is 5. The van der Waals surface area contributed by atoms with Crippen LogP contribution < -0.4 is 38.9 Å². The highest BCUT2D eigenvalue weighted by atomic mass is 16.4. The summed E-state index contributed by atoms with van der Waals surface area (Å²) in [5.41, 5.74) is 25.2. The Morgan fingerprint density at radius 2 is 1.11 bits per heavy atom. The Balaban J connectivity index is -0.000000538. The molecule has 0 aliphatic heterocycles. The molecule has 0 aliphatic rings. The molecular weight excluding hydrogens is 610 g/mol. The standard InChI is InChI=1S/C9H16O4.C7H6O3.C6H14N4O2.C6H13N3O2/c10-8(11)6-4-2-1-3-5-7-9(12)13;8-6-4-2-1-3-5(6)7(9)10;7-4(5(11)12)2-1-3-10-6(8)9;7-6(8)9-4-2-1-3-5(10)11/h1-7H2,(H,10,11)(H,12,13);1-4,8H,(H,9,10);4H,1-3,7H2,(H,11,12)(H4,8,9,10);1-4H2,(H,10,11)(H4,7,8,9)/p-2/t;;4-;/m..0./s1. The van der Waals surface area contributed by atoms with Crippen LogP contribution in [0.3, 0.4) is 0 Å². The van der Waals surface area contributed by atoms with Crippen LogP contribution in [0.1, 0.15) is 87.4 Å². The van der Waals surface area contributed by atoms with Crippen LogP contribution in [0.25, 0.3) is 0 Å². The average Bonchev–Trinajstić information content (AvgIpc) is 2.95. The minimum atomic E-state index is -1.18. The third-order valence-corrected chi connectivity index (χ3v) is 5.27. The molecule has 1 aromatic carbocycles. The van der Waals surface area contributed by atoms with E-state index < -0.39 is 41.6 Å². The number of para-hydroxylation sites is 1. The van der Waals surface area contributed by atoms with Gasteiger partial charge in [-0.3, -0.25) is 24.4 Å². The molecule has 0 amide bonds. The van der Waals surface area contributed by atoms with Crippen molar-refractivity contribution in [3.05, 3.63) is 29.8 Å². The van der Waals surface area contributed by atoms with Gasteiger partial charge in [-0.25, -0.2) is 4.79 Å². The van der Waals surface area contributed by atoms with E-state index in [1.54, 1.807) is 0 Å². The molecule has 0 spiro atoms. The fourth-order valence-corrected chi connectivity index (χ4v) is 2.96. The van der Waals surface area contributed by atoms with E-state index in [-0.39, 0.29) is 36.7 Å². The highest BCUT2D eigenvalue weighted by Gasteiger charge is 2.09. The first-order valence-corrected chi connectivity index (χ1v) is 14.2. The molecule has 14 N–H and O–H groups in total. The number of aliphatic imine (C=N–C) groups is 2. The summed E-state index contributed by atoms with van der Waals surface area (Å²) < 4.78 is 0. The number of aromatic carboxylic acids is 1. The maximum atomic E-state index is 10.7. The monoisotopic (exact) mass is 657 g/mol. The topological polar surface area (TPSA) is 367 Å². The molecule has 1 rings (SSSR count). The number of nitrogens with two attached hydrogens (primary N) is 5. The van der Waals surface area contributed by atoms with Crippen molar-refractivity contribution < 1.29 is 54.6 Å². The second-order valence-electron chi connectivity index (χ2n) is 9.39. The average molecular weight is 658 g/mol. The van der Waals surface area contributed by atoms with Gasteiger partial charge in [-0.05, 0) is 51.0 Å². The molecule has 0 radical (unpaired) electrons. The van der Waals surface area contributed by atoms with Crippen molar-refractivity contribution in [2.75, 3.05) is 13.1 Å². The van der Waals surface area contributed by atoms with Crippen LogP contribution >= 0.6 is 0 Å². The van der Waals surface area contributed by atoms with Crippen molar-refractivity contribution in [3.8, 4) is 5.75 Å². The number of guanidine groups is 2. The Hall–Kier alpha value is -5.13. The summed E-state index contributed by atoms with van der Waals surface area (Å²) in [6.07, 6.45) is 6.71. The summed E-state index contributed by atoms with van der Waals surface area (Å²) in [4.78, 5) is 57.9. The van der Waals surface area contributed by atoms with Gasteiger partial charge in [0.05, 0.1) is 5.56 Å². The van der Waals surface area contributed by atoms with Crippen LogP contribution in [0, 0.1) is 0 Å². The first kappa shape index (κ1) is 45.3. The van der Waals surface area contributed by atoms with Crippen molar-refractivity contribution in [1.82, 2.24) is 0 Å². The maximum Gasteiger partial charge on any atom is 0.335 e. The van der Waals surface area contributed by atoms with E-state index in [9.17, 15) is 34.2 Å². The molecule has 0 aromatic heterocycles. The summed E-state index contributed by atoms with van der Waals surface area (Å²) >= 11 is 0. The predicted molar refractivity (Wildman–Crippen MR) is 165 cm³/mol. The first-order valence-electron chi connectivity index (χ1n) is 14.2. The molecule has 46 heavy (non-hydrogen) atoms. The number of unbranched alkanes of at least 4 members (excludes halogenated alkanes) is 5. The number of hydrogen-bond acceptors (Lipinski definition) is 10. The van der Waals surface area contributed by atoms with E-state index in [0.717, 1.165) is 19.3 Å². The van der Waals surface area contributed by atoms with Gasteiger partial charge in [-0.1, -0.05) is 43.2 Å². The van der Waals surface area contributed by atoms with Crippen molar-refractivity contribution in [2.45, 2.75) is 83.1 Å². The van der Waals surface area contributed by atoms with E-state index in [2.05, 4.69) is 9.98 Å². The quantitative estimate of drug-likeness (QED) is 0.0488. The molecule has 0 bridgehead atoms. The number of hydrogen-bond donors (Lipinski definition) is 9. The SMILES string of the molecule is NC(N)=NCCCCC(=O)O.NC(N)=NCCC[C@H](N)C(=O)O.O=C(O)c1ccccc1[O-].O=C([O-])CCCCCCCC(=O)O. The molecule has 262 valence electrons. The summed E-state index contributed by atoms with van der Waals surface area (Å²) in [6.45, 7) is 0.929. The Kier molecular flexibility index (Phi) is 29.5. The van der Waals surface area contributed by atoms with Crippen molar-refractivity contribution in [1.29, 1.82) is 0 Å². The molecule has 0 heterocycles. The number of carboxylic acids is 5. The van der Waals surface area contributed by atoms with Gasteiger partial charge >= 0.3 is 23.9 Å². The Morgan fingerprint density at radius 1 is 0.674 bits per heavy atom. The zero-order valence-electron chi connectivity index (χ0n) is 25.7. The lowest BCUT2D eigenvalue weighted by atomic mass is 10.1. The smallest absolute Gasteiger partial charge is 0.335 e. The highest BCUT2D eigenvalue weighted by molar-refractivity contribution is 5.90. The van der Waals surface area contributed by atoms with Gasteiger partial charge in [0.15, 0.2) is 11.9 Å². The minimum absolute atomic E-state index is 0.0129. The Labute approximate surface area is 267 Å². The summed E-state index contributed by atoms with van der Waals surface area (Å²) in [7, 11) is 0. The van der Waals surface area contributed by atoms with E-state index in [1.807, 2.05) is 0 Å². The lowest BCUT2D eigenvalue weighted by molar-refractivity contribution is -0.305. The predicted octanol–water partition coefficient (Wildman–Crippen LogP) is -1.02. The molecule has 1 atom stereocenters. The van der Waals surface area contributed by atoms with Gasteiger partial charge in [0.1, 0.15) is 6.04 Å². The zero-order valence-corrected chi connectivity index (χ0v) is 25.7. The van der Waals surface area contributed by atoms with Crippen LogP contribution in [0.15, 0.2) is 34.3 Å². The van der Waals surface area contributed by atoms with E-state index in [0.29, 0.717) is 51.6 Å². The number of benzene rings is 1. The van der Waals surface area contributed by atoms with Crippen LogP contribution in [0.4, 0.5) is 0 Å². The van der Waals surface area contributed by atoms with E-state index in [4.69, 9.17) is 49.1 Å².